The maximum absolute atomic E-state index is 5.82. The van der Waals surface area contributed by atoms with E-state index in [4.69, 9.17) is 10.5 Å². The van der Waals surface area contributed by atoms with E-state index in [1.165, 1.54) is 0 Å². The van der Waals surface area contributed by atoms with Gasteiger partial charge in [-0.25, -0.2) is 0 Å². The average molecular weight is 208 g/mol. The summed E-state index contributed by atoms with van der Waals surface area (Å²) in [6.07, 6.45) is 0. The summed E-state index contributed by atoms with van der Waals surface area (Å²) in [6, 6.07) is 6.28. The molecule has 1 rings (SSSR count). The monoisotopic (exact) mass is 208 g/mol. The van der Waals surface area contributed by atoms with Gasteiger partial charge in [0.15, 0.2) is 0 Å². The van der Waals surface area contributed by atoms with E-state index >= 15 is 0 Å². The quantitative estimate of drug-likeness (QED) is 0.773. The summed E-state index contributed by atoms with van der Waals surface area (Å²) in [4.78, 5) is 2.28. The SMILES string of the molecule is CCN(c1cc(N)cc(OC)c1)C(C)C. The van der Waals surface area contributed by atoms with Crippen LogP contribution in [0.5, 0.6) is 5.75 Å². The number of nitrogens with zero attached hydrogens (tertiary/aromatic N) is 1. The molecule has 0 aliphatic carbocycles. The third-order valence-corrected chi connectivity index (χ3v) is 2.45. The Labute approximate surface area is 91.8 Å². The molecule has 0 saturated carbocycles. The third-order valence-electron chi connectivity index (χ3n) is 2.45. The van der Waals surface area contributed by atoms with Crippen molar-refractivity contribution in [1.82, 2.24) is 0 Å². The van der Waals surface area contributed by atoms with Gasteiger partial charge >= 0.3 is 0 Å². The molecule has 1 aromatic carbocycles. The van der Waals surface area contributed by atoms with Gasteiger partial charge in [-0.1, -0.05) is 0 Å². The Morgan fingerprint density at radius 2 is 2.00 bits per heavy atom. The van der Waals surface area contributed by atoms with Gasteiger partial charge in [0.25, 0.3) is 0 Å². The minimum Gasteiger partial charge on any atom is -0.497 e. The highest BCUT2D eigenvalue weighted by molar-refractivity contribution is 5.60. The van der Waals surface area contributed by atoms with Gasteiger partial charge in [0.2, 0.25) is 0 Å². The fraction of sp³-hybridized carbons (Fsp3) is 0.500. The van der Waals surface area contributed by atoms with Gasteiger partial charge in [0.1, 0.15) is 5.75 Å². The fourth-order valence-corrected chi connectivity index (χ4v) is 1.74. The summed E-state index contributed by atoms with van der Waals surface area (Å²) in [5, 5.41) is 0. The van der Waals surface area contributed by atoms with E-state index in [9.17, 15) is 0 Å². The first-order valence-corrected chi connectivity index (χ1v) is 5.29. The zero-order chi connectivity index (χ0) is 11.4. The zero-order valence-corrected chi connectivity index (χ0v) is 9.95. The van der Waals surface area contributed by atoms with Crippen molar-refractivity contribution in [3.63, 3.8) is 0 Å². The van der Waals surface area contributed by atoms with Gasteiger partial charge in [0, 0.05) is 36.1 Å². The number of methoxy groups -OCH3 is 1. The summed E-state index contributed by atoms with van der Waals surface area (Å²) in [5.41, 5.74) is 7.68. The summed E-state index contributed by atoms with van der Waals surface area (Å²) in [5.74, 6) is 0.809. The van der Waals surface area contributed by atoms with E-state index in [1.54, 1.807) is 7.11 Å². The molecule has 3 heteroatoms. The van der Waals surface area contributed by atoms with Gasteiger partial charge in [-0.05, 0) is 26.8 Å². The molecular weight excluding hydrogens is 188 g/mol. The van der Waals surface area contributed by atoms with Gasteiger partial charge in [-0.2, -0.15) is 0 Å². The molecule has 0 spiro atoms. The number of hydrogen-bond acceptors (Lipinski definition) is 3. The number of ether oxygens (including phenoxy) is 1. The first-order chi connectivity index (χ1) is 7.08. The second kappa shape index (κ2) is 4.91. The molecule has 0 heterocycles. The molecule has 2 N–H and O–H groups in total. The highest BCUT2D eigenvalue weighted by atomic mass is 16.5. The molecular formula is C12H20N2O. The first kappa shape index (κ1) is 11.7. The van der Waals surface area contributed by atoms with Crippen LogP contribution in [0.3, 0.4) is 0 Å². The van der Waals surface area contributed by atoms with E-state index in [1.807, 2.05) is 18.2 Å². The zero-order valence-electron chi connectivity index (χ0n) is 9.95. The molecule has 0 bridgehead atoms. The molecule has 0 radical (unpaired) electrons. The van der Waals surface area contributed by atoms with Crippen LogP contribution >= 0.6 is 0 Å². The molecule has 15 heavy (non-hydrogen) atoms. The van der Waals surface area contributed by atoms with Gasteiger partial charge in [-0.3, -0.25) is 0 Å². The Morgan fingerprint density at radius 1 is 1.33 bits per heavy atom. The maximum atomic E-state index is 5.82. The maximum Gasteiger partial charge on any atom is 0.122 e. The molecule has 0 aliphatic heterocycles. The third kappa shape index (κ3) is 2.78. The highest BCUT2D eigenvalue weighted by Crippen LogP contribution is 2.26. The minimum atomic E-state index is 0.460. The summed E-state index contributed by atoms with van der Waals surface area (Å²) >= 11 is 0. The largest absolute Gasteiger partial charge is 0.497 e. The predicted molar refractivity (Wildman–Crippen MR) is 65.6 cm³/mol. The molecule has 1 aromatic rings. The Balaban J connectivity index is 3.06. The van der Waals surface area contributed by atoms with Gasteiger partial charge in [-0.15, -0.1) is 0 Å². The highest BCUT2D eigenvalue weighted by Gasteiger charge is 2.09. The average Bonchev–Trinajstić information content (AvgIpc) is 2.17. The standard InChI is InChI=1S/C12H20N2O/c1-5-14(9(2)3)11-6-10(13)7-12(8-11)15-4/h6-9H,5,13H2,1-4H3. The van der Waals surface area contributed by atoms with Crippen LogP contribution in [0.1, 0.15) is 20.8 Å². The van der Waals surface area contributed by atoms with Crippen molar-refractivity contribution in [2.45, 2.75) is 26.8 Å². The molecule has 0 aromatic heterocycles. The van der Waals surface area contributed by atoms with E-state index in [-0.39, 0.29) is 0 Å². The number of nitrogens with two attached hydrogens (primary N) is 1. The lowest BCUT2D eigenvalue weighted by Crippen LogP contribution is -2.30. The van der Waals surface area contributed by atoms with Crippen LogP contribution in [-0.2, 0) is 0 Å². The Morgan fingerprint density at radius 3 is 2.47 bits per heavy atom. The van der Waals surface area contributed by atoms with Gasteiger partial charge < -0.3 is 15.4 Å². The van der Waals surface area contributed by atoms with Crippen molar-refractivity contribution in [2.75, 3.05) is 24.3 Å². The summed E-state index contributed by atoms with van der Waals surface area (Å²) in [7, 11) is 1.66. The predicted octanol–water partition coefficient (Wildman–Crippen LogP) is 2.51. The Kier molecular flexibility index (Phi) is 3.83. The second-order valence-corrected chi connectivity index (χ2v) is 3.84. The smallest absolute Gasteiger partial charge is 0.122 e. The van der Waals surface area contributed by atoms with Crippen molar-refractivity contribution in [1.29, 1.82) is 0 Å². The lowest BCUT2D eigenvalue weighted by Gasteiger charge is -2.28. The van der Waals surface area contributed by atoms with Crippen molar-refractivity contribution in [3.8, 4) is 5.75 Å². The topological polar surface area (TPSA) is 38.5 Å². The lowest BCUT2D eigenvalue weighted by atomic mass is 10.2. The van der Waals surface area contributed by atoms with Crippen LogP contribution in [0.15, 0.2) is 18.2 Å². The first-order valence-electron chi connectivity index (χ1n) is 5.29. The second-order valence-electron chi connectivity index (χ2n) is 3.84. The number of benzene rings is 1. The van der Waals surface area contributed by atoms with Crippen LogP contribution in [0.25, 0.3) is 0 Å². The van der Waals surface area contributed by atoms with E-state index in [0.29, 0.717) is 6.04 Å². The van der Waals surface area contributed by atoms with Crippen molar-refractivity contribution in [3.05, 3.63) is 18.2 Å². The van der Waals surface area contributed by atoms with E-state index in [2.05, 4.69) is 25.7 Å². The molecule has 3 nitrogen and oxygen atoms in total. The van der Waals surface area contributed by atoms with Crippen molar-refractivity contribution in [2.24, 2.45) is 0 Å². The van der Waals surface area contributed by atoms with Crippen LogP contribution in [0, 0.1) is 0 Å². The summed E-state index contributed by atoms with van der Waals surface area (Å²) in [6.45, 7) is 7.43. The number of anilines is 2. The Hall–Kier alpha value is -1.38. The van der Waals surface area contributed by atoms with E-state index in [0.717, 1.165) is 23.7 Å². The molecule has 0 atom stereocenters. The van der Waals surface area contributed by atoms with Crippen molar-refractivity contribution < 1.29 is 4.74 Å². The molecule has 0 aliphatic rings. The number of rotatable bonds is 4. The molecule has 84 valence electrons. The van der Waals surface area contributed by atoms with Crippen LogP contribution in [-0.4, -0.2) is 19.7 Å². The number of nitrogen functional groups attached to an aromatic ring is 1. The number of hydrogen-bond donors (Lipinski definition) is 1. The van der Waals surface area contributed by atoms with Crippen LogP contribution in [0.4, 0.5) is 11.4 Å². The lowest BCUT2D eigenvalue weighted by molar-refractivity contribution is 0.415. The van der Waals surface area contributed by atoms with Crippen molar-refractivity contribution >= 4 is 11.4 Å². The Bertz CT molecular complexity index is 323. The normalized spacial score (nSPS) is 10.5. The van der Waals surface area contributed by atoms with E-state index < -0.39 is 0 Å². The van der Waals surface area contributed by atoms with Crippen LogP contribution < -0.4 is 15.4 Å². The molecule has 0 fully saturated rings. The molecule has 0 unspecified atom stereocenters. The molecule has 0 saturated heterocycles. The summed E-state index contributed by atoms with van der Waals surface area (Å²) < 4.78 is 5.20. The van der Waals surface area contributed by atoms with Crippen LogP contribution in [0.2, 0.25) is 0 Å². The fourth-order valence-electron chi connectivity index (χ4n) is 1.74. The molecule has 0 amide bonds. The minimum absolute atomic E-state index is 0.460. The van der Waals surface area contributed by atoms with Gasteiger partial charge in [0.05, 0.1) is 7.11 Å².